The van der Waals surface area contributed by atoms with Crippen LogP contribution in [-0.4, -0.2) is 27.8 Å². The molecule has 0 aliphatic carbocycles. The van der Waals surface area contributed by atoms with Gasteiger partial charge in [0.1, 0.15) is 11.8 Å². The molecular formula is C28H27N5O2S. The first kappa shape index (κ1) is 23.7. The van der Waals surface area contributed by atoms with Crippen LogP contribution >= 0.6 is 11.8 Å². The summed E-state index contributed by atoms with van der Waals surface area (Å²) in [6, 6.07) is 25.2. The lowest BCUT2D eigenvalue weighted by molar-refractivity contribution is -0.113. The van der Waals surface area contributed by atoms with Crippen molar-refractivity contribution in [3.8, 4) is 5.75 Å². The smallest absolute Gasteiger partial charge is 0.255 e. The van der Waals surface area contributed by atoms with Crippen LogP contribution in [0.5, 0.6) is 5.75 Å². The van der Waals surface area contributed by atoms with E-state index in [0.717, 1.165) is 33.8 Å². The minimum Gasteiger partial charge on any atom is -0.497 e. The molecule has 8 heteroatoms. The molecule has 0 bridgehead atoms. The molecule has 1 amide bonds. The van der Waals surface area contributed by atoms with Crippen molar-refractivity contribution in [2.45, 2.75) is 30.8 Å². The number of fused-ring (bicyclic) bond motifs is 1. The number of para-hydroxylation sites is 1. The lowest BCUT2D eigenvalue weighted by Gasteiger charge is -2.28. The molecule has 0 fully saturated rings. The number of rotatable bonds is 7. The number of thioether (sulfide) groups is 1. The zero-order chi connectivity index (χ0) is 25.1. The average molecular weight is 498 g/mol. The van der Waals surface area contributed by atoms with Gasteiger partial charge in [0.15, 0.2) is 0 Å². The normalized spacial score (nSPS) is 14.7. The molecule has 4 aromatic rings. The molecule has 1 unspecified atom stereocenters. The predicted molar refractivity (Wildman–Crippen MR) is 143 cm³/mol. The largest absolute Gasteiger partial charge is 0.497 e. The predicted octanol–water partition coefficient (Wildman–Crippen LogP) is 5.82. The monoisotopic (exact) mass is 497 g/mol. The maximum Gasteiger partial charge on any atom is 0.255 e. The standard InChI is InChI=1S/C28H27N5O2S/c1-18-12-14-21(15-13-18)25-24(26(34)30-22-9-5-4-6-10-22)19(2)29-27-31-28(32-33(25)27)36-17-20-8-7-11-23(16-20)35-3/h4-16,25H,17H2,1-3H3,(H,30,34)(H,29,31,32). The number of ether oxygens (including phenoxy) is 1. The van der Waals surface area contributed by atoms with Crippen molar-refractivity contribution in [2.24, 2.45) is 0 Å². The SMILES string of the molecule is COc1cccc(CSc2nc3n(n2)C(c2ccc(C)cc2)C(C(=O)Nc2ccccc2)=C(C)N3)c1. The summed E-state index contributed by atoms with van der Waals surface area (Å²) < 4.78 is 7.15. The minimum absolute atomic E-state index is 0.177. The van der Waals surface area contributed by atoms with Gasteiger partial charge in [0.2, 0.25) is 11.1 Å². The van der Waals surface area contributed by atoms with Gasteiger partial charge in [-0.2, -0.15) is 4.98 Å². The molecule has 182 valence electrons. The molecule has 1 atom stereocenters. The Morgan fingerprint density at radius 2 is 1.83 bits per heavy atom. The summed E-state index contributed by atoms with van der Waals surface area (Å²) in [5, 5.41) is 11.8. The number of nitrogens with one attached hydrogen (secondary N) is 2. The number of anilines is 2. The van der Waals surface area contributed by atoms with Gasteiger partial charge >= 0.3 is 0 Å². The molecule has 1 aromatic heterocycles. The number of benzene rings is 3. The highest BCUT2D eigenvalue weighted by Crippen LogP contribution is 2.37. The van der Waals surface area contributed by atoms with Crippen LogP contribution in [0.1, 0.15) is 29.7 Å². The number of hydrogen-bond acceptors (Lipinski definition) is 6. The number of aromatic nitrogens is 3. The Kier molecular flexibility index (Phi) is 6.77. The van der Waals surface area contributed by atoms with Crippen molar-refractivity contribution >= 4 is 29.3 Å². The van der Waals surface area contributed by atoms with Crippen molar-refractivity contribution in [1.82, 2.24) is 14.8 Å². The lowest BCUT2D eigenvalue weighted by Crippen LogP contribution is -2.31. The van der Waals surface area contributed by atoms with Gasteiger partial charge in [-0.15, -0.1) is 5.10 Å². The Balaban J connectivity index is 1.47. The first-order valence-corrected chi connectivity index (χ1v) is 12.6. The van der Waals surface area contributed by atoms with Gasteiger partial charge in [-0.05, 0) is 49.2 Å². The quantitative estimate of drug-likeness (QED) is 0.314. The van der Waals surface area contributed by atoms with E-state index >= 15 is 0 Å². The maximum atomic E-state index is 13.5. The zero-order valence-corrected chi connectivity index (χ0v) is 21.2. The third-order valence-corrected chi connectivity index (χ3v) is 6.91. The molecular weight excluding hydrogens is 470 g/mol. The number of carbonyl (C=O) groups is 1. The minimum atomic E-state index is -0.413. The molecule has 0 radical (unpaired) electrons. The second kappa shape index (κ2) is 10.3. The van der Waals surface area contributed by atoms with Gasteiger partial charge in [-0.3, -0.25) is 4.79 Å². The van der Waals surface area contributed by atoms with E-state index in [9.17, 15) is 4.79 Å². The van der Waals surface area contributed by atoms with Crippen LogP contribution < -0.4 is 15.4 Å². The van der Waals surface area contributed by atoms with E-state index < -0.39 is 6.04 Å². The van der Waals surface area contributed by atoms with Gasteiger partial charge in [0.05, 0.1) is 12.7 Å². The topological polar surface area (TPSA) is 81.1 Å². The van der Waals surface area contributed by atoms with Crippen LogP contribution in [0.3, 0.4) is 0 Å². The molecule has 2 heterocycles. The van der Waals surface area contributed by atoms with Crippen LogP contribution in [0, 0.1) is 6.92 Å². The Bertz CT molecular complexity index is 1410. The van der Waals surface area contributed by atoms with E-state index in [2.05, 4.69) is 28.8 Å². The number of hydrogen-bond donors (Lipinski definition) is 2. The zero-order valence-electron chi connectivity index (χ0n) is 20.4. The number of nitrogens with zero attached hydrogens (tertiary/aromatic N) is 3. The molecule has 1 aliphatic heterocycles. The highest BCUT2D eigenvalue weighted by Gasteiger charge is 2.34. The van der Waals surface area contributed by atoms with Crippen molar-refractivity contribution < 1.29 is 9.53 Å². The summed E-state index contributed by atoms with van der Waals surface area (Å²) in [7, 11) is 1.66. The summed E-state index contributed by atoms with van der Waals surface area (Å²) in [6.45, 7) is 3.95. The molecule has 36 heavy (non-hydrogen) atoms. The number of allylic oxidation sites excluding steroid dienone is 1. The highest BCUT2D eigenvalue weighted by atomic mass is 32.2. The second-order valence-corrected chi connectivity index (χ2v) is 9.54. The van der Waals surface area contributed by atoms with Crippen molar-refractivity contribution in [2.75, 3.05) is 17.7 Å². The Labute approximate surface area is 214 Å². The first-order chi connectivity index (χ1) is 17.5. The van der Waals surface area contributed by atoms with Gasteiger partial charge in [0.25, 0.3) is 5.91 Å². The molecule has 7 nitrogen and oxygen atoms in total. The van der Waals surface area contributed by atoms with Crippen LogP contribution in [0.2, 0.25) is 0 Å². The molecule has 0 saturated carbocycles. The fourth-order valence-corrected chi connectivity index (χ4v) is 4.95. The number of aryl methyl sites for hydroxylation is 1. The molecule has 1 aliphatic rings. The van der Waals surface area contributed by atoms with E-state index in [4.69, 9.17) is 14.8 Å². The fourth-order valence-electron chi connectivity index (χ4n) is 4.17. The van der Waals surface area contributed by atoms with Crippen molar-refractivity contribution in [1.29, 1.82) is 0 Å². The molecule has 2 N–H and O–H groups in total. The van der Waals surface area contributed by atoms with Gasteiger partial charge in [-0.25, -0.2) is 4.68 Å². The third-order valence-electron chi connectivity index (χ3n) is 6.00. The number of methoxy groups -OCH3 is 1. The van der Waals surface area contributed by atoms with Gasteiger partial charge in [0, 0.05) is 17.1 Å². The maximum absolute atomic E-state index is 13.5. The van der Waals surface area contributed by atoms with Crippen LogP contribution in [-0.2, 0) is 10.5 Å². The van der Waals surface area contributed by atoms with E-state index in [0.29, 0.717) is 22.4 Å². The Morgan fingerprint density at radius 3 is 2.58 bits per heavy atom. The summed E-state index contributed by atoms with van der Waals surface area (Å²) in [5.41, 5.74) is 5.33. The van der Waals surface area contributed by atoms with E-state index in [1.807, 2.05) is 79.2 Å². The highest BCUT2D eigenvalue weighted by molar-refractivity contribution is 7.98. The molecule has 5 rings (SSSR count). The molecule has 0 spiro atoms. The van der Waals surface area contributed by atoms with E-state index in [1.165, 1.54) is 0 Å². The Hall–Kier alpha value is -4.04. The molecule has 0 saturated heterocycles. The average Bonchev–Trinajstić information content (AvgIpc) is 3.30. The lowest BCUT2D eigenvalue weighted by atomic mass is 9.94. The Morgan fingerprint density at radius 1 is 1.06 bits per heavy atom. The van der Waals surface area contributed by atoms with Crippen LogP contribution in [0.15, 0.2) is 95.3 Å². The van der Waals surface area contributed by atoms with Crippen molar-refractivity contribution in [3.63, 3.8) is 0 Å². The van der Waals surface area contributed by atoms with Gasteiger partial charge in [-0.1, -0.05) is 71.9 Å². The summed E-state index contributed by atoms with van der Waals surface area (Å²) in [4.78, 5) is 18.3. The van der Waals surface area contributed by atoms with E-state index in [1.54, 1.807) is 18.9 Å². The molecule has 3 aromatic carbocycles. The second-order valence-electron chi connectivity index (χ2n) is 8.60. The van der Waals surface area contributed by atoms with Crippen LogP contribution in [0.4, 0.5) is 11.6 Å². The first-order valence-electron chi connectivity index (χ1n) is 11.6. The third kappa shape index (κ3) is 4.99. The number of amides is 1. The van der Waals surface area contributed by atoms with E-state index in [-0.39, 0.29) is 5.91 Å². The summed E-state index contributed by atoms with van der Waals surface area (Å²) >= 11 is 1.54. The summed E-state index contributed by atoms with van der Waals surface area (Å²) in [6.07, 6.45) is 0. The summed E-state index contributed by atoms with van der Waals surface area (Å²) in [5.74, 6) is 1.95. The fraction of sp³-hybridized carbons (Fsp3) is 0.179. The van der Waals surface area contributed by atoms with Crippen LogP contribution in [0.25, 0.3) is 0 Å². The van der Waals surface area contributed by atoms with Crippen molar-refractivity contribution in [3.05, 3.63) is 107 Å². The number of carbonyl (C=O) groups excluding carboxylic acids is 1. The van der Waals surface area contributed by atoms with Gasteiger partial charge < -0.3 is 15.4 Å².